The maximum Gasteiger partial charge on any atom is 0.418 e. The number of anilines is 2. The molecule has 0 atom stereocenters. The van der Waals surface area contributed by atoms with Gasteiger partial charge in [-0.1, -0.05) is 12.1 Å². The number of hydrogen-bond donors (Lipinski definition) is 1. The lowest BCUT2D eigenvalue weighted by molar-refractivity contribution is -0.137. The minimum atomic E-state index is -4.63. The smallest absolute Gasteiger partial charge is 0.357 e. The Kier molecular flexibility index (Phi) is 5.68. The summed E-state index contributed by atoms with van der Waals surface area (Å²) in [6.45, 7) is 3.29. The molecule has 0 spiro atoms. The van der Waals surface area contributed by atoms with E-state index in [4.69, 9.17) is 0 Å². The Balaban J connectivity index is 1.64. The second-order valence-electron chi connectivity index (χ2n) is 7.48. The van der Waals surface area contributed by atoms with E-state index in [0.29, 0.717) is 5.69 Å². The van der Waals surface area contributed by atoms with Crippen molar-refractivity contribution in [3.05, 3.63) is 75.8 Å². The lowest BCUT2D eigenvalue weighted by Gasteiger charge is -2.17. The first-order valence-electron chi connectivity index (χ1n) is 10.0. The van der Waals surface area contributed by atoms with Gasteiger partial charge in [0.05, 0.1) is 23.1 Å². The molecule has 1 saturated heterocycles. The van der Waals surface area contributed by atoms with Gasteiger partial charge in [-0.25, -0.2) is 9.67 Å². The van der Waals surface area contributed by atoms with Crippen LogP contribution < -0.4 is 15.6 Å². The summed E-state index contributed by atoms with van der Waals surface area (Å²) in [6.07, 6.45) is -0.956. The van der Waals surface area contributed by atoms with E-state index < -0.39 is 28.8 Å². The molecule has 1 fully saturated rings. The third-order valence-electron chi connectivity index (χ3n) is 5.20. The normalized spacial score (nSPS) is 13.9. The molecule has 0 aliphatic carbocycles. The van der Waals surface area contributed by atoms with Crippen molar-refractivity contribution in [1.82, 2.24) is 14.8 Å². The van der Waals surface area contributed by atoms with Crippen molar-refractivity contribution >= 4 is 17.4 Å². The van der Waals surface area contributed by atoms with Gasteiger partial charge in [-0.15, -0.1) is 0 Å². The third-order valence-corrected chi connectivity index (χ3v) is 5.20. The summed E-state index contributed by atoms with van der Waals surface area (Å²) < 4.78 is 41.3. The van der Waals surface area contributed by atoms with E-state index in [2.05, 4.69) is 20.3 Å². The summed E-state index contributed by atoms with van der Waals surface area (Å²) in [5.41, 5.74) is -1.89. The maximum absolute atomic E-state index is 13.4. The molecule has 1 aliphatic rings. The molecule has 0 saturated carbocycles. The number of alkyl halides is 3. The summed E-state index contributed by atoms with van der Waals surface area (Å²) in [4.78, 5) is 31.5. The van der Waals surface area contributed by atoms with Crippen LogP contribution in [0.3, 0.4) is 0 Å². The van der Waals surface area contributed by atoms with Crippen LogP contribution >= 0.6 is 0 Å². The number of nitrogens with one attached hydrogen (secondary N) is 1. The molecule has 0 unspecified atom stereocenters. The predicted molar refractivity (Wildman–Crippen MR) is 113 cm³/mol. The number of aryl methyl sites for hydroxylation is 1. The number of carbonyl (C=O) groups excluding carboxylic acids is 1. The Morgan fingerprint density at radius 3 is 2.47 bits per heavy atom. The first-order valence-corrected chi connectivity index (χ1v) is 10.0. The Morgan fingerprint density at radius 2 is 1.81 bits per heavy atom. The van der Waals surface area contributed by atoms with Crippen molar-refractivity contribution in [2.45, 2.75) is 25.9 Å². The molecule has 4 rings (SSSR count). The number of halogens is 3. The fraction of sp³-hybridized carbons (Fsp3) is 0.273. The summed E-state index contributed by atoms with van der Waals surface area (Å²) in [5.74, 6) is -0.0379. The van der Waals surface area contributed by atoms with Gasteiger partial charge >= 0.3 is 6.18 Å². The molecule has 10 heteroatoms. The van der Waals surface area contributed by atoms with E-state index in [9.17, 15) is 22.8 Å². The number of aromatic nitrogens is 3. The largest absolute Gasteiger partial charge is 0.418 e. The number of hydrogen-bond acceptors (Lipinski definition) is 5. The van der Waals surface area contributed by atoms with Crippen molar-refractivity contribution in [2.24, 2.45) is 0 Å². The van der Waals surface area contributed by atoms with Gasteiger partial charge in [0.2, 0.25) is 5.43 Å². The van der Waals surface area contributed by atoms with Crippen LogP contribution in [0.25, 0.3) is 5.69 Å². The van der Waals surface area contributed by atoms with Gasteiger partial charge in [-0.05, 0) is 44.0 Å². The van der Waals surface area contributed by atoms with Crippen LogP contribution in [0, 0.1) is 6.92 Å². The number of rotatable bonds is 4. The first-order chi connectivity index (χ1) is 15.2. The van der Waals surface area contributed by atoms with Crippen LogP contribution in [0.5, 0.6) is 0 Å². The summed E-state index contributed by atoms with van der Waals surface area (Å²) in [7, 11) is 0. The van der Waals surface area contributed by atoms with Crippen molar-refractivity contribution in [1.29, 1.82) is 0 Å². The molecular formula is C22H20F3N5O2. The Labute approximate surface area is 181 Å². The highest BCUT2D eigenvalue weighted by molar-refractivity contribution is 6.02. The third kappa shape index (κ3) is 4.34. The zero-order valence-electron chi connectivity index (χ0n) is 17.2. The van der Waals surface area contributed by atoms with Gasteiger partial charge in [0.1, 0.15) is 5.82 Å². The number of amides is 1. The zero-order chi connectivity index (χ0) is 22.9. The van der Waals surface area contributed by atoms with Crippen molar-refractivity contribution < 1.29 is 18.0 Å². The standard InChI is InChI=1S/C22H20F3N5O2/c1-14-12-18(31)20(28-30(14)17-7-3-2-6-16(17)22(23,24)25)21(32)27-15-8-9-19(26-13-15)29-10-4-5-11-29/h2-3,6-9,12-13H,4-5,10-11H2,1H3,(H,27,32). The maximum atomic E-state index is 13.4. The zero-order valence-corrected chi connectivity index (χ0v) is 17.2. The number of nitrogens with zero attached hydrogens (tertiary/aromatic N) is 4. The minimum absolute atomic E-state index is 0.167. The Bertz CT molecular complexity index is 1200. The van der Waals surface area contributed by atoms with Crippen molar-refractivity contribution in [3.63, 3.8) is 0 Å². The minimum Gasteiger partial charge on any atom is -0.357 e. The van der Waals surface area contributed by atoms with Crippen LogP contribution in [-0.2, 0) is 6.18 Å². The fourth-order valence-electron chi connectivity index (χ4n) is 3.63. The molecule has 0 bridgehead atoms. The monoisotopic (exact) mass is 443 g/mol. The van der Waals surface area contributed by atoms with Gasteiger partial charge in [0.15, 0.2) is 5.69 Å². The molecule has 3 aromatic rings. The fourth-order valence-corrected chi connectivity index (χ4v) is 3.63. The van der Waals surface area contributed by atoms with Crippen molar-refractivity contribution in [3.8, 4) is 5.69 Å². The molecule has 1 amide bonds. The van der Waals surface area contributed by atoms with E-state index in [1.54, 1.807) is 12.1 Å². The predicted octanol–water partition coefficient (Wildman–Crippen LogP) is 3.81. The Morgan fingerprint density at radius 1 is 1.09 bits per heavy atom. The highest BCUT2D eigenvalue weighted by Crippen LogP contribution is 2.33. The molecule has 1 N–H and O–H groups in total. The van der Waals surface area contributed by atoms with Crippen LogP contribution in [0.2, 0.25) is 0 Å². The van der Waals surface area contributed by atoms with Crippen LogP contribution in [0.15, 0.2) is 53.5 Å². The molecule has 166 valence electrons. The number of pyridine rings is 1. The quantitative estimate of drug-likeness (QED) is 0.664. The molecule has 2 aromatic heterocycles. The molecule has 1 aromatic carbocycles. The average Bonchev–Trinajstić information content (AvgIpc) is 3.28. The highest BCUT2D eigenvalue weighted by Gasteiger charge is 2.34. The van der Waals surface area contributed by atoms with Crippen molar-refractivity contribution in [2.75, 3.05) is 23.3 Å². The van der Waals surface area contributed by atoms with Crippen LogP contribution in [-0.4, -0.2) is 33.8 Å². The van der Waals surface area contributed by atoms with E-state index in [1.165, 1.54) is 31.3 Å². The van der Waals surface area contributed by atoms with Gasteiger partial charge in [-0.2, -0.15) is 18.3 Å². The lowest BCUT2D eigenvalue weighted by atomic mass is 10.1. The first kappa shape index (κ1) is 21.5. The highest BCUT2D eigenvalue weighted by atomic mass is 19.4. The van der Waals surface area contributed by atoms with Gasteiger partial charge < -0.3 is 10.2 Å². The molecular weight excluding hydrogens is 423 g/mol. The molecule has 1 aliphatic heterocycles. The van der Waals surface area contributed by atoms with Crippen LogP contribution in [0.1, 0.15) is 34.6 Å². The summed E-state index contributed by atoms with van der Waals surface area (Å²) in [6, 6.07) is 9.35. The SMILES string of the molecule is Cc1cc(=O)c(C(=O)Nc2ccc(N3CCCC3)nc2)nn1-c1ccccc1C(F)(F)F. The van der Waals surface area contributed by atoms with E-state index in [0.717, 1.165) is 48.6 Å². The van der Waals surface area contributed by atoms with Gasteiger partial charge in [0, 0.05) is 24.8 Å². The summed E-state index contributed by atoms with van der Waals surface area (Å²) >= 11 is 0. The summed E-state index contributed by atoms with van der Waals surface area (Å²) in [5, 5.41) is 6.50. The second-order valence-corrected chi connectivity index (χ2v) is 7.48. The molecule has 32 heavy (non-hydrogen) atoms. The second kappa shape index (κ2) is 8.45. The number of benzene rings is 1. The lowest BCUT2D eigenvalue weighted by Crippen LogP contribution is -2.27. The molecule has 0 radical (unpaired) electrons. The van der Waals surface area contributed by atoms with E-state index >= 15 is 0 Å². The van der Waals surface area contributed by atoms with E-state index in [-0.39, 0.29) is 11.4 Å². The van der Waals surface area contributed by atoms with Gasteiger partial charge in [0.25, 0.3) is 5.91 Å². The van der Waals surface area contributed by atoms with E-state index in [1.807, 2.05) is 0 Å². The molecule has 3 heterocycles. The van der Waals surface area contributed by atoms with Crippen LogP contribution in [0.4, 0.5) is 24.7 Å². The van der Waals surface area contributed by atoms with Gasteiger partial charge in [-0.3, -0.25) is 9.59 Å². The number of para-hydroxylation sites is 1. The number of carbonyl (C=O) groups is 1. The Hall–Kier alpha value is -3.69. The molecule has 7 nitrogen and oxygen atoms in total. The topological polar surface area (TPSA) is 80.1 Å². The average molecular weight is 443 g/mol.